The molecule has 4 unspecified atom stereocenters. The highest BCUT2D eigenvalue weighted by molar-refractivity contribution is 7.99. The number of nitrogens with two attached hydrogens (primary N) is 1. The standard InChI is InChI=1S/C14H25N3O3S2.ClH/c15-13-11-2-1-10(9-11)12(13)14(18)16-3-8-22(19,20)17-4-6-21-7-5-17;/h10-13H,1-9,15H2,(H,16,18);1H. The van der Waals surface area contributed by atoms with Crippen LogP contribution in [0.15, 0.2) is 0 Å². The first kappa shape index (κ1) is 19.3. The molecule has 0 aromatic heterocycles. The number of nitrogens with zero attached hydrogens (tertiary/aromatic N) is 1. The molecule has 1 aliphatic heterocycles. The molecule has 3 rings (SSSR count). The fourth-order valence-electron chi connectivity index (χ4n) is 4.10. The Labute approximate surface area is 148 Å². The summed E-state index contributed by atoms with van der Waals surface area (Å²) in [6.07, 6.45) is 3.28. The second kappa shape index (κ2) is 7.91. The summed E-state index contributed by atoms with van der Waals surface area (Å²) in [5, 5.41) is 2.81. The Morgan fingerprint density at radius 3 is 2.48 bits per heavy atom. The molecule has 1 amide bonds. The first-order valence-electron chi connectivity index (χ1n) is 8.08. The zero-order chi connectivity index (χ0) is 15.7. The van der Waals surface area contributed by atoms with E-state index in [4.69, 9.17) is 5.73 Å². The van der Waals surface area contributed by atoms with E-state index in [2.05, 4.69) is 5.32 Å². The minimum atomic E-state index is -3.25. The lowest BCUT2D eigenvalue weighted by Crippen LogP contribution is -2.47. The summed E-state index contributed by atoms with van der Waals surface area (Å²) in [7, 11) is -3.25. The van der Waals surface area contributed by atoms with Crippen molar-refractivity contribution in [3.05, 3.63) is 0 Å². The molecule has 0 radical (unpaired) electrons. The smallest absolute Gasteiger partial charge is 0.225 e. The maximum absolute atomic E-state index is 12.3. The molecule has 2 bridgehead atoms. The third-order valence-corrected chi connectivity index (χ3v) is 8.12. The molecule has 4 atom stereocenters. The highest BCUT2D eigenvalue weighted by Gasteiger charge is 2.48. The highest BCUT2D eigenvalue weighted by atomic mass is 35.5. The van der Waals surface area contributed by atoms with Crippen LogP contribution in [-0.2, 0) is 14.8 Å². The zero-order valence-corrected chi connectivity index (χ0v) is 15.6. The summed E-state index contributed by atoms with van der Waals surface area (Å²) in [6, 6.07) is -0.0468. The predicted molar refractivity (Wildman–Crippen MR) is 95.2 cm³/mol. The molecule has 3 aliphatic rings. The molecule has 2 saturated carbocycles. The van der Waals surface area contributed by atoms with Crippen LogP contribution in [0.5, 0.6) is 0 Å². The summed E-state index contributed by atoms with van der Waals surface area (Å²) >= 11 is 1.78. The van der Waals surface area contributed by atoms with Gasteiger partial charge in [0.25, 0.3) is 0 Å². The van der Waals surface area contributed by atoms with Crippen LogP contribution in [0.25, 0.3) is 0 Å². The van der Waals surface area contributed by atoms with Gasteiger partial charge in [0, 0.05) is 37.2 Å². The Bertz CT molecular complexity index is 523. The van der Waals surface area contributed by atoms with Crippen LogP contribution in [0, 0.1) is 17.8 Å². The van der Waals surface area contributed by atoms with E-state index in [0.29, 0.717) is 24.9 Å². The summed E-state index contributed by atoms with van der Waals surface area (Å²) in [6.45, 7) is 1.35. The molecule has 0 aromatic rings. The summed E-state index contributed by atoms with van der Waals surface area (Å²) < 4.78 is 26.0. The van der Waals surface area contributed by atoms with Crippen LogP contribution in [0.2, 0.25) is 0 Å². The van der Waals surface area contributed by atoms with Crippen molar-refractivity contribution in [1.29, 1.82) is 0 Å². The van der Waals surface area contributed by atoms with Crippen LogP contribution < -0.4 is 11.1 Å². The Balaban J connectivity index is 0.00000192. The molecule has 3 fully saturated rings. The van der Waals surface area contributed by atoms with Crippen molar-refractivity contribution in [3.63, 3.8) is 0 Å². The van der Waals surface area contributed by atoms with Crippen LogP contribution in [-0.4, -0.2) is 61.6 Å². The molecule has 1 saturated heterocycles. The van der Waals surface area contributed by atoms with Crippen LogP contribution in [0.3, 0.4) is 0 Å². The number of rotatable bonds is 5. The summed E-state index contributed by atoms with van der Waals surface area (Å²) in [4.78, 5) is 12.3. The lowest BCUT2D eigenvalue weighted by molar-refractivity contribution is -0.126. The molecule has 3 N–H and O–H groups in total. The molecule has 134 valence electrons. The van der Waals surface area contributed by atoms with E-state index in [1.165, 1.54) is 0 Å². The normalized spacial score (nSPS) is 34.1. The molecule has 0 spiro atoms. The Morgan fingerprint density at radius 1 is 1.22 bits per heavy atom. The zero-order valence-electron chi connectivity index (χ0n) is 13.1. The predicted octanol–water partition coefficient (Wildman–Crippen LogP) is 0.276. The van der Waals surface area contributed by atoms with Gasteiger partial charge in [0.2, 0.25) is 15.9 Å². The maximum Gasteiger partial charge on any atom is 0.225 e. The second-order valence-corrected chi connectivity index (χ2v) is 9.87. The number of carbonyl (C=O) groups is 1. The van der Waals surface area contributed by atoms with Crippen molar-refractivity contribution in [2.24, 2.45) is 23.5 Å². The van der Waals surface area contributed by atoms with Gasteiger partial charge in [0.1, 0.15) is 0 Å². The quantitative estimate of drug-likeness (QED) is 0.711. The fraction of sp³-hybridized carbons (Fsp3) is 0.929. The number of nitrogens with one attached hydrogen (secondary N) is 1. The number of amides is 1. The number of thioether (sulfide) groups is 1. The van der Waals surface area contributed by atoms with Gasteiger partial charge in [-0.3, -0.25) is 4.79 Å². The highest BCUT2D eigenvalue weighted by Crippen LogP contribution is 2.47. The average Bonchev–Trinajstić information content (AvgIpc) is 3.08. The van der Waals surface area contributed by atoms with E-state index in [9.17, 15) is 13.2 Å². The van der Waals surface area contributed by atoms with Crippen LogP contribution >= 0.6 is 24.2 Å². The van der Waals surface area contributed by atoms with Gasteiger partial charge in [-0.05, 0) is 31.1 Å². The van der Waals surface area contributed by atoms with Crippen molar-refractivity contribution in [2.45, 2.75) is 25.3 Å². The third-order valence-electron chi connectivity index (χ3n) is 5.31. The molecular formula is C14H26ClN3O3S2. The van der Waals surface area contributed by atoms with Gasteiger partial charge in [-0.2, -0.15) is 11.8 Å². The number of fused-ring (bicyclic) bond motifs is 2. The number of halogens is 1. The van der Waals surface area contributed by atoms with Crippen molar-refractivity contribution in [2.75, 3.05) is 36.9 Å². The van der Waals surface area contributed by atoms with Crippen molar-refractivity contribution in [3.8, 4) is 0 Å². The van der Waals surface area contributed by atoms with Crippen molar-refractivity contribution < 1.29 is 13.2 Å². The summed E-state index contributed by atoms with van der Waals surface area (Å²) in [5.74, 6) is 2.40. The topological polar surface area (TPSA) is 92.5 Å². The number of carbonyl (C=O) groups excluding carboxylic acids is 1. The van der Waals surface area contributed by atoms with Crippen LogP contribution in [0.1, 0.15) is 19.3 Å². The molecule has 1 heterocycles. The second-order valence-electron chi connectivity index (χ2n) is 6.55. The molecule has 9 heteroatoms. The van der Waals surface area contributed by atoms with E-state index in [0.717, 1.165) is 30.8 Å². The van der Waals surface area contributed by atoms with Crippen molar-refractivity contribution >= 4 is 40.1 Å². The number of hydrogen-bond acceptors (Lipinski definition) is 5. The van der Waals surface area contributed by atoms with Gasteiger partial charge in [-0.15, -0.1) is 12.4 Å². The number of hydrogen-bond donors (Lipinski definition) is 2. The largest absolute Gasteiger partial charge is 0.355 e. The van der Waals surface area contributed by atoms with Gasteiger partial charge in [0.15, 0.2) is 0 Å². The summed E-state index contributed by atoms with van der Waals surface area (Å²) in [5.41, 5.74) is 6.15. The molecule has 2 aliphatic carbocycles. The first-order valence-corrected chi connectivity index (χ1v) is 10.8. The Kier molecular flexibility index (Phi) is 6.64. The SMILES string of the molecule is Cl.NC1C2CCC(C2)C1C(=O)NCCS(=O)(=O)N1CCSCC1. The lowest BCUT2D eigenvalue weighted by atomic mass is 9.84. The van der Waals surface area contributed by atoms with Gasteiger partial charge in [-0.1, -0.05) is 0 Å². The van der Waals surface area contributed by atoms with Gasteiger partial charge >= 0.3 is 0 Å². The molecule has 6 nitrogen and oxygen atoms in total. The van der Waals surface area contributed by atoms with E-state index in [-0.39, 0.29) is 42.6 Å². The molecule has 23 heavy (non-hydrogen) atoms. The monoisotopic (exact) mass is 383 g/mol. The maximum atomic E-state index is 12.3. The minimum Gasteiger partial charge on any atom is -0.355 e. The van der Waals surface area contributed by atoms with E-state index >= 15 is 0 Å². The van der Waals surface area contributed by atoms with Gasteiger partial charge in [0.05, 0.1) is 11.7 Å². The van der Waals surface area contributed by atoms with E-state index in [1.54, 1.807) is 16.1 Å². The first-order chi connectivity index (χ1) is 10.5. The van der Waals surface area contributed by atoms with E-state index in [1.807, 2.05) is 0 Å². The van der Waals surface area contributed by atoms with E-state index < -0.39 is 10.0 Å². The molecule has 0 aromatic carbocycles. The van der Waals surface area contributed by atoms with Gasteiger partial charge < -0.3 is 11.1 Å². The molecular weight excluding hydrogens is 358 g/mol. The fourth-order valence-corrected chi connectivity index (χ4v) is 6.59. The lowest BCUT2D eigenvalue weighted by Gasteiger charge is -2.28. The number of sulfonamides is 1. The van der Waals surface area contributed by atoms with Gasteiger partial charge in [-0.25, -0.2) is 12.7 Å². The third kappa shape index (κ3) is 4.15. The van der Waals surface area contributed by atoms with Crippen molar-refractivity contribution in [1.82, 2.24) is 9.62 Å². The van der Waals surface area contributed by atoms with Crippen LogP contribution in [0.4, 0.5) is 0 Å². The Morgan fingerprint density at radius 2 is 1.87 bits per heavy atom. The average molecular weight is 384 g/mol. The Hall–Kier alpha value is -0.0200. The minimum absolute atomic E-state index is 0.